The Morgan fingerprint density at radius 2 is 2.38 bits per heavy atom. The fraction of sp³-hybridized carbons (Fsp3) is 0.625. The number of rotatable bonds is 5. The molecule has 72 valence electrons. The van der Waals surface area contributed by atoms with Crippen LogP contribution in [0.5, 0.6) is 0 Å². The number of carboxylic acids is 1. The summed E-state index contributed by atoms with van der Waals surface area (Å²) in [5.41, 5.74) is 0. The molecule has 0 amide bonds. The van der Waals surface area contributed by atoms with E-state index in [1.165, 1.54) is 6.07 Å². The van der Waals surface area contributed by atoms with Gasteiger partial charge >= 0.3 is 5.97 Å². The SMILES string of the molecule is CCC(C=O)CC(Cl)(C#N)C(=O)O. The summed E-state index contributed by atoms with van der Waals surface area (Å²) in [5, 5.41) is 17.1. The van der Waals surface area contributed by atoms with Gasteiger partial charge in [-0.2, -0.15) is 5.26 Å². The number of carboxylic acid groups (broad SMARTS) is 1. The highest BCUT2D eigenvalue weighted by Crippen LogP contribution is 2.25. The molecule has 0 heterocycles. The maximum atomic E-state index is 10.5. The number of carbonyl (C=O) groups is 2. The molecule has 1 N–H and O–H groups in total. The second-order valence-electron chi connectivity index (χ2n) is 2.73. The third-order valence-corrected chi connectivity index (χ3v) is 2.18. The molecule has 0 spiro atoms. The number of nitriles is 1. The van der Waals surface area contributed by atoms with Gasteiger partial charge in [0, 0.05) is 12.3 Å². The molecule has 2 unspecified atom stereocenters. The van der Waals surface area contributed by atoms with Crippen molar-refractivity contribution in [3.05, 3.63) is 0 Å². The normalized spacial score (nSPS) is 16.7. The van der Waals surface area contributed by atoms with Crippen LogP contribution in [0.15, 0.2) is 0 Å². The quantitative estimate of drug-likeness (QED) is 0.538. The van der Waals surface area contributed by atoms with Crippen molar-refractivity contribution in [2.75, 3.05) is 0 Å². The first kappa shape index (κ1) is 11.9. The van der Waals surface area contributed by atoms with E-state index in [1.54, 1.807) is 6.92 Å². The monoisotopic (exact) mass is 203 g/mol. The lowest BCUT2D eigenvalue weighted by Gasteiger charge is -2.16. The lowest BCUT2D eigenvalue weighted by Crippen LogP contribution is -2.33. The zero-order valence-electron chi connectivity index (χ0n) is 7.16. The summed E-state index contributed by atoms with van der Waals surface area (Å²) in [5.74, 6) is -1.88. The minimum Gasteiger partial charge on any atom is -0.479 e. The molecule has 0 radical (unpaired) electrons. The Bertz CT molecular complexity index is 248. The van der Waals surface area contributed by atoms with Crippen molar-refractivity contribution >= 4 is 23.9 Å². The fourth-order valence-electron chi connectivity index (χ4n) is 0.831. The summed E-state index contributed by atoms with van der Waals surface area (Å²) in [6.07, 6.45) is 0.949. The fourth-order valence-corrected chi connectivity index (χ4v) is 1.03. The molecule has 0 saturated heterocycles. The number of aliphatic carboxylic acids is 1. The summed E-state index contributed by atoms with van der Waals surface area (Å²) in [7, 11) is 0. The maximum Gasteiger partial charge on any atom is 0.339 e. The largest absolute Gasteiger partial charge is 0.479 e. The van der Waals surface area contributed by atoms with Crippen LogP contribution in [0.3, 0.4) is 0 Å². The Hall–Kier alpha value is -1.08. The molecule has 0 aromatic heterocycles. The predicted molar refractivity (Wildman–Crippen MR) is 46.3 cm³/mol. The topological polar surface area (TPSA) is 78.2 Å². The Morgan fingerprint density at radius 3 is 2.62 bits per heavy atom. The highest BCUT2D eigenvalue weighted by molar-refractivity contribution is 6.36. The smallest absolute Gasteiger partial charge is 0.339 e. The van der Waals surface area contributed by atoms with E-state index in [0.717, 1.165) is 0 Å². The van der Waals surface area contributed by atoms with Crippen LogP contribution in [0.2, 0.25) is 0 Å². The second-order valence-corrected chi connectivity index (χ2v) is 3.37. The van der Waals surface area contributed by atoms with Gasteiger partial charge in [0.15, 0.2) is 0 Å². The van der Waals surface area contributed by atoms with Gasteiger partial charge in [-0.3, -0.25) is 0 Å². The van der Waals surface area contributed by atoms with Crippen LogP contribution in [-0.4, -0.2) is 22.2 Å². The molecule has 0 fully saturated rings. The van der Waals surface area contributed by atoms with Crippen molar-refractivity contribution in [3.8, 4) is 6.07 Å². The zero-order valence-corrected chi connectivity index (χ0v) is 7.91. The maximum absolute atomic E-state index is 10.5. The highest BCUT2D eigenvalue weighted by Gasteiger charge is 2.38. The zero-order chi connectivity index (χ0) is 10.5. The van der Waals surface area contributed by atoms with E-state index in [2.05, 4.69) is 0 Å². The number of hydrogen-bond acceptors (Lipinski definition) is 3. The van der Waals surface area contributed by atoms with Crippen LogP contribution in [0, 0.1) is 17.2 Å². The van der Waals surface area contributed by atoms with E-state index in [-0.39, 0.29) is 6.42 Å². The van der Waals surface area contributed by atoms with Crippen molar-refractivity contribution < 1.29 is 14.7 Å². The Balaban J connectivity index is 4.54. The van der Waals surface area contributed by atoms with Gasteiger partial charge in [-0.25, -0.2) is 4.79 Å². The van der Waals surface area contributed by atoms with Crippen LogP contribution in [-0.2, 0) is 9.59 Å². The lowest BCUT2D eigenvalue weighted by atomic mass is 9.94. The molecule has 4 nitrogen and oxygen atoms in total. The predicted octanol–water partition coefficient (Wildman–Crippen LogP) is 1.19. The molecule has 0 rings (SSSR count). The molecule has 0 aliphatic heterocycles. The molecule has 0 aliphatic rings. The van der Waals surface area contributed by atoms with Gasteiger partial charge in [-0.15, -0.1) is 0 Å². The van der Waals surface area contributed by atoms with E-state index in [9.17, 15) is 9.59 Å². The Kier molecular flexibility index (Phi) is 4.43. The average Bonchev–Trinajstić information content (AvgIpc) is 2.13. The van der Waals surface area contributed by atoms with Crippen LogP contribution in [0.4, 0.5) is 0 Å². The first-order valence-corrected chi connectivity index (χ1v) is 4.16. The average molecular weight is 204 g/mol. The van der Waals surface area contributed by atoms with Crippen molar-refractivity contribution in [2.45, 2.75) is 24.6 Å². The highest BCUT2D eigenvalue weighted by atomic mass is 35.5. The van der Waals surface area contributed by atoms with E-state index in [1.807, 2.05) is 0 Å². The minimum absolute atomic E-state index is 0.152. The standard InChI is InChI=1S/C8H10ClNO3/c1-2-6(4-11)3-8(9,5-10)7(12)13/h4,6H,2-3H2,1H3,(H,12,13). The molecule has 0 aliphatic carbocycles. The molecule has 0 aromatic carbocycles. The molecule has 13 heavy (non-hydrogen) atoms. The molecular weight excluding hydrogens is 194 g/mol. The van der Waals surface area contributed by atoms with Crippen molar-refractivity contribution in [1.82, 2.24) is 0 Å². The number of hydrogen-bond donors (Lipinski definition) is 1. The summed E-state index contributed by atoms with van der Waals surface area (Å²) in [6.45, 7) is 1.73. The van der Waals surface area contributed by atoms with Crippen molar-refractivity contribution in [3.63, 3.8) is 0 Å². The van der Waals surface area contributed by atoms with Crippen LogP contribution in [0.25, 0.3) is 0 Å². The van der Waals surface area contributed by atoms with E-state index < -0.39 is 16.8 Å². The van der Waals surface area contributed by atoms with Gasteiger partial charge in [0.05, 0.1) is 6.07 Å². The van der Waals surface area contributed by atoms with Gasteiger partial charge < -0.3 is 9.90 Å². The van der Waals surface area contributed by atoms with E-state index in [0.29, 0.717) is 12.7 Å². The first-order valence-electron chi connectivity index (χ1n) is 3.79. The van der Waals surface area contributed by atoms with Gasteiger partial charge in [0.2, 0.25) is 4.87 Å². The number of alkyl halides is 1. The third kappa shape index (κ3) is 3.03. The van der Waals surface area contributed by atoms with E-state index >= 15 is 0 Å². The summed E-state index contributed by atoms with van der Waals surface area (Å²) in [4.78, 5) is 19.0. The molecule has 5 heteroatoms. The van der Waals surface area contributed by atoms with Gasteiger partial charge in [0.1, 0.15) is 6.29 Å². The van der Waals surface area contributed by atoms with Crippen molar-refractivity contribution in [2.24, 2.45) is 5.92 Å². The van der Waals surface area contributed by atoms with Gasteiger partial charge in [-0.1, -0.05) is 18.5 Å². The second kappa shape index (κ2) is 4.83. The molecule has 2 atom stereocenters. The number of carbonyl (C=O) groups excluding carboxylic acids is 1. The number of aldehydes is 1. The first-order chi connectivity index (χ1) is 6.00. The minimum atomic E-state index is -1.97. The Morgan fingerprint density at radius 1 is 1.85 bits per heavy atom. The Labute approximate surface area is 81.1 Å². The van der Waals surface area contributed by atoms with Crippen LogP contribution >= 0.6 is 11.6 Å². The van der Waals surface area contributed by atoms with Crippen LogP contribution in [0.1, 0.15) is 19.8 Å². The van der Waals surface area contributed by atoms with Gasteiger partial charge in [-0.05, 0) is 6.42 Å². The molecule has 0 aromatic rings. The number of nitrogens with zero attached hydrogens (tertiary/aromatic N) is 1. The van der Waals surface area contributed by atoms with Gasteiger partial charge in [0.25, 0.3) is 0 Å². The molecule has 0 saturated carbocycles. The lowest BCUT2D eigenvalue weighted by molar-refractivity contribution is -0.139. The summed E-state index contributed by atoms with van der Waals surface area (Å²) in [6, 6.07) is 1.48. The van der Waals surface area contributed by atoms with E-state index in [4.69, 9.17) is 22.0 Å². The molecule has 0 bridgehead atoms. The summed E-state index contributed by atoms with van der Waals surface area (Å²) < 4.78 is 0. The van der Waals surface area contributed by atoms with Crippen LogP contribution < -0.4 is 0 Å². The molecular formula is C8H10ClNO3. The summed E-state index contributed by atoms with van der Waals surface area (Å²) >= 11 is 5.49. The van der Waals surface area contributed by atoms with Crippen molar-refractivity contribution in [1.29, 1.82) is 5.26 Å². The third-order valence-electron chi connectivity index (χ3n) is 1.78. The number of halogens is 1.